The highest BCUT2D eigenvalue weighted by atomic mass is 16.6. The first-order valence-corrected chi connectivity index (χ1v) is 7.92. The zero-order valence-corrected chi connectivity index (χ0v) is 13.0. The molecule has 2 aliphatic carbocycles. The Bertz CT molecular complexity index is 598. The van der Waals surface area contributed by atoms with Gasteiger partial charge in [0.2, 0.25) is 5.91 Å². The van der Waals surface area contributed by atoms with E-state index in [9.17, 15) is 14.9 Å². The monoisotopic (exact) mass is 306 g/mol. The molecular weight excluding hydrogens is 284 g/mol. The van der Waals surface area contributed by atoms with Crippen LogP contribution in [0.15, 0.2) is 6.20 Å². The molecule has 0 aromatic carbocycles. The molecule has 3 rings (SSSR count). The highest BCUT2D eigenvalue weighted by molar-refractivity contribution is 5.76. The first-order valence-electron chi connectivity index (χ1n) is 7.92. The van der Waals surface area contributed by atoms with E-state index in [-0.39, 0.29) is 24.2 Å². The third-order valence-electron chi connectivity index (χ3n) is 5.25. The standard InChI is InChI=1S/C15H22N4O3/c1-9(13-6-11-3-4-12(13)5-11)16-15(20)8-18-7-14(19(21)22)10(2)17-18/h7,9,11-13H,3-6,8H2,1-2H3,(H,16,20)/t9-,11+,12+,13+/m1/s1. The molecule has 1 heterocycles. The molecule has 1 aromatic rings. The molecule has 0 saturated heterocycles. The molecule has 4 atom stereocenters. The summed E-state index contributed by atoms with van der Waals surface area (Å²) in [6.45, 7) is 3.67. The highest BCUT2D eigenvalue weighted by Crippen LogP contribution is 2.49. The second-order valence-corrected chi connectivity index (χ2v) is 6.75. The van der Waals surface area contributed by atoms with Crippen molar-refractivity contribution in [2.45, 2.75) is 52.1 Å². The molecular formula is C15H22N4O3. The van der Waals surface area contributed by atoms with Gasteiger partial charge in [-0.2, -0.15) is 5.10 Å². The highest BCUT2D eigenvalue weighted by Gasteiger charge is 2.42. The molecule has 2 aliphatic rings. The number of rotatable bonds is 5. The number of amides is 1. The van der Waals surface area contributed by atoms with E-state index in [1.807, 2.05) is 0 Å². The Balaban J connectivity index is 1.56. The zero-order valence-electron chi connectivity index (χ0n) is 13.0. The number of fused-ring (bicyclic) bond motifs is 2. The first-order chi connectivity index (χ1) is 10.4. The van der Waals surface area contributed by atoms with E-state index in [1.165, 1.54) is 36.6 Å². The zero-order chi connectivity index (χ0) is 15.9. The van der Waals surface area contributed by atoms with Crippen LogP contribution in [0.25, 0.3) is 0 Å². The number of nitro groups is 1. The topological polar surface area (TPSA) is 90.1 Å². The summed E-state index contributed by atoms with van der Waals surface area (Å²) >= 11 is 0. The maximum Gasteiger partial charge on any atom is 0.309 e. The maximum absolute atomic E-state index is 12.1. The van der Waals surface area contributed by atoms with Crippen molar-refractivity contribution >= 4 is 11.6 Å². The van der Waals surface area contributed by atoms with Crippen LogP contribution < -0.4 is 5.32 Å². The fraction of sp³-hybridized carbons (Fsp3) is 0.733. The van der Waals surface area contributed by atoms with Gasteiger partial charge in [0.15, 0.2) is 0 Å². The van der Waals surface area contributed by atoms with Crippen LogP contribution in [-0.2, 0) is 11.3 Å². The van der Waals surface area contributed by atoms with Crippen LogP contribution in [0.1, 0.15) is 38.3 Å². The fourth-order valence-electron chi connectivity index (χ4n) is 4.23. The molecule has 120 valence electrons. The Kier molecular flexibility index (Phi) is 3.88. The van der Waals surface area contributed by atoms with Crippen LogP contribution in [0.5, 0.6) is 0 Å². The summed E-state index contributed by atoms with van der Waals surface area (Å²) in [5.41, 5.74) is 0.285. The average molecular weight is 306 g/mol. The first kappa shape index (κ1) is 15.0. The lowest BCUT2D eigenvalue weighted by molar-refractivity contribution is -0.385. The summed E-state index contributed by atoms with van der Waals surface area (Å²) in [6, 6.07) is 0.162. The molecule has 7 nitrogen and oxygen atoms in total. The molecule has 0 radical (unpaired) electrons. The van der Waals surface area contributed by atoms with Crippen molar-refractivity contribution < 1.29 is 9.72 Å². The van der Waals surface area contributed by atoms with Crippen molar-refractivity contribution in [2.75, 3.05) is 0 Å². The van der Waals surface area contributed by atoms with E-state index >= 15 is 0 Å². The molecule has 1 amide bonds. The number of aromatic nitrogens is 2. The van der Waals surface area contributed by atoms with E-state index in [2.05, 4.69) is 17.3 Å². The van der Waals surface area contributed by atoms with E-state index in [0.29, 0.717) is 11.6 Å². The smallest absolute Gasteiger partial charge is 0.309 e. The molecule has 0 unspecified atom stereocenters. The van der Waals surface area contributed by atoms with Crippen LogP contribution >= 0.6 is 0 Å². The Morgan fingerprint density at radius 1 is 1.55 bits per heavy atom. The fourth-order valence-corrected chi connectivity index (χ4v) is 4.23. The minimum Gasteiger partial charge on any atom is -0.352 e. The second kappa shape index (κ2) is 5.70. The van der Waals surface area contributed by atoms with Crippen LogP contribution in [0.3, 0.4) is 0 Å². The quantitative estimate of drug-likeness (QED) is 0.666. The maximum atomic E-state index is 12.1. The van der Waals surface area contributed by atoms with E-state index in [4.69, 9.17) is 0 Å². The lowest BCUT2D eigenvalue weighted by Crippen LogP contribution is -2.41. The van der Waals surface area contributed by atoms with Gasteiger partial charge in [0.1, 0.15) is 18.4 Å². The van der Waals surface area contributed by atoms with E-state index in [1.54, 1.807) is 6.92 Å². The summed E-state index contributed by atoms with van der Waals surface area (Å²) in [5, 5.41) is 17.9. The Hall–Kier alpha value is -1.92. The van der Waals surface area contributed by atoms with Gasteiger partial charge >= 0.3 is 5.69 Å². The summed E-state index contributed by atoms with van der Waals surface area (Å²) < 4.78 is 1.34. The minimum atomic E-state index is -0.478. The van der Waals surface area contributed by atoms with E-state index < -0.39 is 4.92 Å². The van der Waals surface area contributed by atoms with Gasteiger partial charge in [0, 0.05) is 6.04 Å². The van der Waals surface area contributed by atoms with Gasteiger partial charge in [-0.1, -0.05) is 6.42 Å². The molecule has 0 aliphatic heterocycles. The van der Waals surface area contributed by atoms with Crippen LogP contribution in [0.2, 0.25) is 0 Å². The normalized spacial score (nSPS) is 27.8. The predicted octanol–water partition coefficient (Wildman–Crippen LogP) is 2.04. The molecule has 1 aromatic heterocycles. The van der Waals surface area contributed by atoms with Gasteiger partial charge in [0.25, 0.3) is 0 Å². The van der Waals surface area contributed by atoms with Gasteiger partial charge in [-0.15, -0.1) is 0 Å². The van der Waals surface area contributed by atoms with Crippen molar-refractivity contribution in [3.05, 3.63) is 22.0 Å². The van der Waals surface area contributed by atoms with Gasteiger partial charge in [-0.25, -0.2) is 0 Å². The lowest BCUT2D eigenvalue weighted by atomic mass is 9.84. The number of aryl methyl sites for hydroxylation is 1. The molecule has 1 N–H and O–H groups in total. The van der Waals surface area contributed by atoms with Crippen molar-refractivity contribution in [3.8, 4) is 0 Å². The number of carbonyl (C=O) groups is 1. The minimum absolute atomic E-state index is 0.0276. The number of hydrogen-bond donors (Lipinski definition) is 1. The number of nitrogens with zero attached hydrogens (tertiary/aromatic N) is 3. The Morgan fingerprint density at radius 3 is 2.86 bits per heavy atom. The predicted molar refractivity (Wildman–Crippen MR) is 80.2 cm³/mol. The summed E-state index contributed by atoms with van der Waals surface area (Å²) in [5.74, 6) is 2.06. The summed E-state index contributed by atoms with van der Waals surface area (Å²) in [7, 11) is 0. The molecule has 0 spiro atoms. The van der Waals surface area contributed by atoms with Gasteiger partial charge < -0.3 is 5.32 Å². The molecule has 2 bridgehead atoms. The van der Waals surface area contributed by atoms with Crippen LogP contribution in [-0.4, -0.2) is 26.7 Å². The van der Waals surface area contributed by atoms with Crippen molar-refractivity contribution in [1.82, 2.24) is 15.1 Å². The van der Waals surface area contributed by atoms with E-state index in [0.717, 1.165) is 11.8 Å². The number of carbonyl (C=O) groups excluding carboxylic acids is 1. The van der Waals surface area contributed by atoms with Crippen LogP contribution in [0, 0.1) is 34.8 Å². The molecule has 22 heavy (non-hydrogen) atoms. The molecule has 2 saturated carbocycles. The molecule has 7 heteroatoms. The van der Waals surface area contributed by atoms with Crippen molar-refractivity contribution in [2.24, 2.45) is 17.8 Å². The average Bonchev–Trinajstić information content (AvgIpc) is 3.13. The van der Waals surface area contributed by atoms with Crippen molar-refractivity contribution in [1.29, 1.82) is 0 Å². The van der Waals surface area contributed by atoms with Crippen LogP contribution in [0.4, 0.5) is 5.69 Å². The summed E-state index contributed by atoms with van der Waals surface area (Å²) in [6.07, 6.45) is 6.49. The third-order valence-corrected chi connectivity index (χ3v) is 5.25. The third kappa shape index (κ3) is 2.84. The summed E-state index contributed by atoms with van der Waals surface area (Å²) in [4.78, 5) is 22.5. The lowest BCUT2D eigenvalue weighted by Gasteiger charge is -2.28. The Labute approximate surface area is 129 Å². The Morgan fingerprint density at radius 2 is 2.32 bits per heavy atom. The van der Waals surface area contributed by atoms with Crippen molar-refractivity contribution in [3.63, 3.8) is 0 Å². The van der Waals surface area contributed by atoms with Gasteiger partial charge in [-0.3, -0.25) is 19.6 Å². The molecule has 2 fully saturated rings. The SMILES string of the molecule is Cc1nn(CC(=O)N[C@H](C)[C@@H]2C[C@H]3CC[C@H]2C3)cc1[N+](=O)[O-]. The van der Waals surface area contributed by atoms with Gasteiger partial charge in [0.05, 0.1) is 4.92 Å². The number of hydrogen-bond acceptors (Lipinski definition) is 4. The number of nitrogens with one attached hydrogen (secondary N) is 1. The largest absolute Gasteiger partial charge is 0.352 e. The van der Waals surface area contributed by atoms with Gasteiger partial charge in [-0.05, 0) is 50.9 Å². The second-order valence-electron chi connectivity index (χ2n) is 6.75.